The summed E-state index contributed by atoms with van der Waals surface area (Å²) in [7, 11) is 0. The van der Waals surface area contributed by atoms with E-state index in [9.17, 15) is 14.4 Å². The van der Waals surface area contributed by atoms with E-state index in [1.54, 1.807) is 24.3 Å². The van der Waals surface area contributed by atoms with Crippen molar-refractivity contribution in [1.82, 2.24) is 10.6 Å². The highest BCUT2D eigenvalue weighted by molar-refractivity contribution is 5.94. The van der Waals surface area contributed by atoms with Gasteiger partial charge in [0, 0.05) is 44.4 Å². The molecule has 0 fully saturated rings. The summed E-state index contributed by atoms with van der Waals surface area (Å²) in [6, 6.07) is 6.47. The van der Waals surface area contributed by atoms with Gasteiger partial charge in [0.15, 0.2) is 0 Å². The Morgan fingerprint density at radius 1 is 1.05 bits per heavy atom. The van der Waals surface area contributed by atoms with Gasteiger partial charge in [-0.05, 0) is 25.0 Å². The Morgan fingerprint density at radius 2 is 1.64 bits per heavy atom. The third-order valence-corrected chi connectivity index (χ3v) is 2.90. The van der Waals surface area contributed by atoms with Crippen LogP contribution >= 0.6 is 0 Å². The SMILES string of the molecule is CC(=O)NCCCOCCCNC(=O)c1ccc(C=O)cc1. The molecule has 0 aliphatic heterocycles. The monoisotopic (exact) mass is 306 g/mol. The van der Waals surface area contributed by atoms with Crippen molar-refractivity contribution >= 4 is 18.1 Å². The molecule has 0 saturated heterocycles. The molecule has 0 aromatic heterocycles. The molecule has 6 nitrogen and oxygen atoms in total. The fourth-order valence-corrected chi connectivity index (χ4v) is 1.73. The standard InChI is InChI=1S/C16H22N2O4/c1-13(20)17-8-2-10-22-11-3-9-18-16(21)15-6-4-14(12-19)5-7-15/h4-7,12H,2-3,8-11H2,1H3,(H,17,20)(H,18,21). The number of carbonyl (C=O) groups is 3. The van der Waals surface area contributed by atoms with Gasteiger partial charge in [0.1, 0.15) is 6.29 Å². The van der Waals surface area contributed by atoms with Crippen LogP contribution < -0.4 is 10.6 Å². The predicted octanol–water partition coefficient (Wildman–Crippen LogP) is 1.16. The van der Waals surface area contributed by atoms with Gasteiger partial charge in [-0.1, -0.05) is 12.1 Å². The van der Waals surface area contributed by atoms with Crippen LogP contribution in [0.4, 0.5) is 0 Å². The molecule has 2 N–H and O–H groups in total. The van der Waals surface area contributed by atoms with Crippen molar-refractivity contribution in [2.45, 2.75) is 19.8 Å². The summed E-state index contributed by atoms with van der Waals surface area (Å²) in [6.45, 7) is 3.77. The van der Waals surface area contributed by atoms with Crippen molar-refractivity contribution in [1.29, 1.82) is 0 Å². The molecule has 0 unspecified atom stereocenters. The molecule has 0 bridgehead atoms. The molecule has 0 atom stereocenters. The van der Waals surface area contributed by atoms with E-state index in [2.05, 4.69) is 10.6 Å². The largest absolute Gasteiger partial charge is 0.381 e. The van der Waals surface area contributed by atoms with Crippen LogP contribution in [0.1, 0.15) is 40.5 Å². The van der Waals surface area contributed by atoms with Gasteiger partial charge < -0.3 is 15.4 Å². The Morgan fingerprint density at radius 3 is 2.18 bits per heavy atom. The highest BCUT2D eigenvalue weighted by Crippen LogP contribution is 2.02. The Hall–Kier alpha value is -2.21. The predicted molar refractivity (Wildman–Crippen MR) is 82.9 cm³/mol. The lowest BCUT2D eigenvalue weighted by molar-refractivity contribution is -0.119. The second kappa shape index (κ2) is 10.5. The minimum atomic E-state index is -0.164. The second-order valence-electron chi connectivity index (χ2n) is 4.80. The Balaban J connectivity index is 2.05. The molecular formula is C16H22N2O4. The molecule has 0 spiro atoms. The highest BCUT2D eigenvalue weighted by Gasteiger charge is 2.04. The normalized spacial score (nSPS) is 10.0. The van der Waals surface area contributed by atoms with E-state index >= 15 is 0 Å². The summed E-state index contributed by atoms with van der Waals surface area (Å²) >= 11 is 0. The first-order chi connectivity index (χ1) is 10.6. The van der Waals surface area contributed by atoms with Gasteiger partial charge in [0.05, 0.1) is 0 Å². The summed E-state index contributed by atoms with van der Waals surface area (Å²) in [5.74, 6) is -0.202. The van der Waals surface area contributed by atoms with Gasteiger partial charge >= 0.3 is 0 Å². The number of amides is 2. The van der Waals surface area contributed by atoms with E-state index in [1.165, 1.54) is 6.92 Å². The lowest BCUT2D eigenvalue weighted by atomic mass is 10.1. The number of aldehydes is 1. The molecule has 0 heterocycles. The zero-order valence-corrected chi connectivity index (χ0v) is 12.8. The van der Waals surface area contributed by atoms with Gasteiger partial charge in [-0.25, -0.2) is 0 Å². The number of carbonyl (C=O) groups excluding carboxylic acids is 3. The summed E-state index contributed by atoms with van der Waals surface area (Å²) < 4.78 is 5.39. The number of benzene rings is 1. The molecular weight excluding hydrogens is 284 g/mol. The Labute approximate surface area is 130 Å². The second-order valence-corrected chi connectivity index (χ2v) is 4.80. The van der Waals surface area contributed by atoms with E-state index in [1.807, 2.05) is 0 Å². The molecule has 0 aliphatic rings. The minimum Gasteiger partial charge on any atom is -0.381 e. The zero-order valence-electron chi connectivity index (χ0n) is 12.8. The minimum absolute atomic E-state index is 0.0381. The van der Waals surface area contributed by atoms with Gasteiger partial charge in [-0.15, -0.1) is 0 Å². The summed E-state index contributed by atoms with van der Waals surface area (Å²) in [6.07, 6.45) is 2.23. The molecule has 2 amide bonds. The molecule has 0 aliphatic carbocycles. The van der Waals surface area contributed by atoms with Gasteiger partial charge in [0.25, 0.3) is 5.91 Å². The fourth-order valence-electron chi connectivity index (χ4n) is 1.73. The van der Waals surface area contributed by atoms with Crippen molar-refractivity contribution in [2.75, 3.05) is 26.3 Å². The first kappa shape index (κ1) is 17.8. The van der Waals surface area contributed by atoms with E-state index in [0.29, 0.717) is 37.4 Å². The van der Waals surface area contributed by atoms with Crippen molar-refractivity contribution in [3.05, 3.63) is 35.4 Å². The molecule has 22 heavy (non-hydrogen) atoms. The Kier molecular flexibility index (Phi) is 8.52. The summed E-state index contributed by atoms with van der Waals surface area (Å²) in [5.41, 5.74) is 1.08. The average molecular weight is 306 g/mol. The smallest absolute Gasteiger partial charge is 0.251 e. The van der Waals surface area contributed by atoms with Gasteiger partial charge in [-0.3, -0.25) is 14.4 Å². The molecule has 0 saturated carbocycles. The van der Waals surface area contributed by atoms with Crippen LogP contribution in [0.2, 0.25) is 0 Å². The van der Waals surface area contributed by atoms with E-state index in [-0.39, 0.29) is 11.8 Å². The molecule has 1 aromatic carbocycles. The van der Waals surface area contributed by atoms with Crippen LogP contribution in [-0.2, 0) is 9.53 Å². The summed E-state index contributed by atoms with van der Waals surface area (Å²) in [4.78, 5) is 33.0. The number of ether oxygens (including phenoxy) is 1. The van der Waals surface area contributed by atoms with Gasteiger partial charge in [-0.2, -0.15) is 0 Å². The maximum Gasteiger partial charge on any atom is 0.251 e. The van der Waals surface area contributed by atoms with Crippen molar-refractivity contribution in [2.24, 2.45) is 0 Å². The van der Waals surface area contributed by atoms with Crippen LogP contribution in [0.15, 0.2) is 24.3 Å². The van der Waals surface area contributed by atoms with E-state index < -0.39 is 0 Å². The number of hydrogen-bond acceptors (Lipinski definition) is 4. The lowest BCUT2D eigenvalue weighted by Gasteiger charge is -2.07. The average Bonchev–Trinajstić information content (AvgIpc) is 2.53. The maximum atomic E-state index is 11.8. The summed E-state index contributed by atoms with van der Waals surface area (Å²) in [5, 5.41) is 5.48. The molecule has 1 aromatic rings. The van der Waals surface area contributed by atoms with Crippen LogP contribution in [0.3, 0.4) is 0 Å². The third kappa shape index (κ3) is 7.54. The van der Waals surface area contributed by atoms with Gasteiger partial charge in [0.2, 0.25) is 5.91 Å². The fraction of sp³-hybridized carbons (Fsp3) is 0.438. The van der Waals surface area contributed by atoms with Crippen LogP contribution in [0, 0.1) is 0 Å². The van der Waals surface area contributed by atoms with Crippen molar-refractivity contribution in [3.8, 4) is 0 Å². The number of hydrogen-bond donors (Lipinski definition) is 2. The van der Waals surface area contributed by atoms with Crippen molar-refractivity contribution in [3.63, 3.8) is 0 Å². The maximum absolute atomic E-state index is 11.8. The van der Waals surface area contributed by atoms with E-state index in [4.69, 9.17) is 4.74 Å². The molecule has 0 radical (unpaired) electrons. The van der Waals surface area contributed by atoms with Crippen LogP contribution in [0.25, 0.3) is 0 Å². The lowest BCUT2D eigenvalue weighted by Crippen LogP contribution is -2.25. The number of nitrogens with one attached hydrogen (secondary N) is 2. The topological polar surface area (TPSA) is 84.5 Å². The quantitative estimate of drug-likeness (QED) is 0.502. The van der Waals surface area contributed by atoms with Crippen molar-refractivity contribution < 1.29 is 19.1 Å². The molecule has 1 rings (SSSR count). The molecule has 6 heteroatoms. The van der Waals surface area contributed by atoms with Crippen LogP contribution in [0.5, 0.6) is 0 Å². The zero-order chi connectivity index (χ0) is 16.2. The van der Waals surface area contributed by atoms with E-state index in [0.717, 1.165) is 19.1 Å². The molecule has 120 valence electrons. The first-order valence-electron chi connectivity index (χ1n) is 7.29. The highest BCUT2D eigenvalue weighted by atomic mass is 16.5. The number of rotatable bonds is 10. The third-order valence-electron chi connectivity index (χ3n) is 2.90. The van der Waals surface area contributed by atoms with Crippen LogP contribution in [-0.4, -0.2) is 44.4 Å². The first-order valence-corrected chi connectivity index (χ1v) is 7.29. The Bertz CT molecular complexity index is 485.